The first kappa shape index (κ1) is 10.9. The first-order valence-corrected chi connectivity index (χ1v) is 5.48. The van der Waals surface area contributed by atoms with Crippen molar-refractivity contribution in [1.82, 2.24) is 4.98 Å². The smallest absolute Gasteiger partial charge is 0.135 e. The van der Waals surface area contributed by atoms with Crippen LogP contribution in [0.25, 0.3) is 11.3 Å². The van der Waals surface area contributed by atoms with Crippen LogP contribution < -0.4 is 5.73 Å². The summed E-state index contributed by atoms with van der Waals surface area (Å²) in [7, 11) is 0. The Hall–Kier alpha value is -1.61. The number of nitrogens with two attached hydrogens (primary N) is 1. The van der Waals surface area contributed by atoms with Crippen LogP contribution in [0.15, 0.2) is 35.0 Å². The Balaban J connectivity index is 2.31. The third kappa shape index (κ3) is 2.14. The number of furan rings is 1. The molecule has 0 fully saturated rings. The number of aryl methyl sites for hydroxylation is 1. The molecule has 0 aromatic carbocycles. The van der Waals surface area contributed by atoms with Crippen LogP contribution in [0.3, 0.4) is 0 Å². The fraction of sp³-hybridized carbons (Fsp3) is 0.308. The molecular formula is C13H16N2O. The van der Waals surface area contributed by atoms with Gasteiger partial charge in [0.15, 0.2) is 0 Å². The van der Waals surface area contributed by atoms with E-state index in [0.29, 0.717) is 0 Å². The van der Waals surface area contributed by atoms with Crippen molar-refractivity contribution in [1.29, 1.82) is 0 Å². The lowest BCUT2D eigenvalue weighted by Crippen LogP contribution is -2.06. The standard InChI is InChI=1S/C13H16N2O/c1-3-11(14)13-5-4-12(16-13)10-6-9(2)7-15-8-10/h4-8,11H,3,14H2,1-2H3. The molecule has 2 aromatic rings. The highest BCUT2D eigenvalue weighted by Gasteiger charge is 2.10. The van der Waals surface area contributed by atoms with Crippen LogP contribution in [0.1, 0.15) is 30.7 Å². The predicted octanol–water partition coefficient (Wildman–Crippen LogP) is 3.06. The van der Waals surface area contributed by atoms with Gasteiger partial charge in [0, 0.05) is 18.0 Å². The average Bonchev–Trinajstić information content (AvgIpc) is 2.77. The molecule has 84 valence electrons. The Labute approximate surface area is 95.3 Å². The summed E-state index contributed by atoms with van der Waals surface area (Å²) in [5.41, 5.74) is 8.02. The molecule has 2 aromatic heterocycles. The maximum absolute atomic E-state index is 5.91. The third-order valence-corrected chi connectivity index (χ3v) is 2.59. The van der Waals surface area contributed by atoms with Gasteiger partial charge < -0.3 is 10.2 Å². The number of hydrogen-bond acceptors (Lipinski definition) is 3. The zero-order chi connectivity index (χ0) is 11.5. The van der Waals surface area contributed by atoms with E-state index in [1.165, 1.54) is 0 Å². The van der Waals surface area contributed by atoms with Crippen LogP contribution in [0.4, 0.5) is 0 Å². The number of nitrogens with zero attached hydrogens (tertiary/aromatic N) is 1. The van der Waals surface area contributed by atoms with Gasteiger partial charge in [-0.2, -0.15) is 0 Å². The Morgan fingerprint density at radius 2 is 2.19 bits per heavy atom. The van der Waals surface area contributed by atoms with E-state index < -0.39 is 0 Å². The number of rotatable bonds is 3. The summed E-state index contributed by atoms with van der Waals surface area (Å²) in [6.07, 6.45) is 4.50. The molecule has 0 amide bonds. The van der Waals surface area contributed by atoms with E-state index in [-0.39, 0.29) is 6.04 Å². The molecule has 2 heterocycles. The van der Waals surface area contributed by atoms with Gasteiger partial charge in [-0.3, -0.25) is 4.98 Å². The normalized spacial score (nSPS) is 12.7. The van der Waals surface area contributed by atoms with E-state index in [9.17, 15) is 0 Å². The van der Waals surface area contributed by atoms with E-state index >= 15 is 0 Å². The zero-order valence-electron chi connectivity index (χ0n) is 9.60. The van der Waals surface area contributed by atoms with E-state index in [1.54, 1.807) is 6.20 Å². The second-order valence-electron chi connectivity index (χ2n) is 3.97. The summed E-state index contributed by atoms with van der Waals surface area (Å²) >= 11 is 0. The monoisotopic (exact) mass is 216 g/mol. The lowest BCUT2D eigenvalue weighted by molar-refractivity contribution is 0.470. The van der Waals surface area contributed by atoms with Gasteiger partial charge in [-0.05, 0) is 37.1 Å². The molecule has 3 nitrogen and oxygen atoms in total. The van der Waals surface area contributed by atoms with Crippen molar-refractivity contribution in [3.8, 4) is 11.3 Å². The first-order valence-electron chi connectivity index (χ1n) is 5.48. The van der Waals surface area contributed by atoms with E-state index in [2.05, 4.69) is 4.98 Å². The summed E-state index contributed by atoms with van der Waals surface area (Å²) < 4.78 is 5.71. The molecule has 3 heteroatoms. The molecule has 0 saturated heterocycles. The van der Waals surface area contributed by atoms with E-state index in [1.807, 2.05) is 38.2 Å². The third-order valence-electron chi connectivity index (χ3n) is 2.59. The molecule has 2 N–H and O–H groups in total. The minimum Gasteiger partial charge on any atom is -0.459 e. The van der Waals surface area contributed by atoms with E-state index in [0.717, 1.165) is 29.1 Å². The number of pyridine rings is 1. The summed E-state index contributed by atoms with van der Waals surface area (Å²) in [5, 5.41) is 0. The molecular weight excluding hydrogens is 200 g/mol. The van der Waals surface area contributed by atoms with Gasteiger partial charge in [-0.25, -0.2) is 0 Å². The van der Waals surface area contributed by atoms with E-state index in [4.69, 9.17) is 10.2 Å². The Bertz CT molecular complexity index is 476. The molecule has 1 atom stereocenters. The molecule has 0 aliphatic heterocycles. The maximum atomic E-state index is 5.91. The number of hydrogen-bond donors (Lipinski definition) is 1. The van der Waals surface area contributed by atoms with Gasteiger partial charge in [0.25, 0.3) is 0 Å². The quantitative estimate of drug-likeness (QED) is 0.857. The average molecular weight is 216 g/mol. The summed E-state index contributed by atoms with van der Waals surface area (Å²) in [4.78, 5) is 4.14. The van der Waals surface area contributed by atoms with Crippen LogP contribution in [0, 0.1) is 6.92 Å². The molecule has 0 radical (unpaired) electrons. The highest BCUT2D eigenvalue weighted by atomic mass is 16.3. The fourth-order valence-corrected chi connectivity index (χ4v) is 1.60. The van der Waals surface area contributed by atoms with Crippen molar-refractivity contribution < 1.29 is 4.42 Å². The largest absolute Gasteiger partial charge is 0.459 e. The van der Waals surface area contributed by atoms with Crippen LogP contribution in [0.5, 0.6) is 0 Å². The van der Waals surface area contributed by atoms with Crippen molar-refractivity contribution in [2.24, 2.45) is 5.73 Å². The molecule has 0 aliphatic rings. The van der Waals surface area contributed by atoms with Gasteiger partial charge in [0.1, 0.15) is 11.5 Å². The lowest BCUT2D eigenvalue weighted by atomic mass is 10.2. The van der Waals surface area contributed by atoms with Crippen LogP contribution in [-0.4, -0.2) is 4.98 Å². The van der Waals surface area contributed by atoms with Crippen molar-refractivity contribution in [2.45, 2.75) is 26.3 Å². The van der Waals surface area contributed by atoms with Crippen molar-refractivity contribution in [2.75, 3.05) is 0 Å². The summed E-state index contributed by atoms with van der Waals surface area (Å²) in [6.45, 7) is 4.05. The molecule has 0 bridgehead atoms. The molecule has 2 rings (SSSR count). The molecule has 0 spiro atoms. The van der Waals surface area contributed by atoms with Gasteiger partial charge in [0.05, 0.1) is 6.04 Å². The van der Waals surface area contributed by atoms with Crippen molar-refractivity contribution in [3.63, 3.8) is 0 Å². The van der Waals surface area contributed by atoms with Crippen LogP contribution >= 0.6 is 0 Å². The SMILES string of the molecule is CCC(N)c1ccc(-c2cncc(C)c2)o1. The lowest BCUT2D eigenvalue weighted by Gasteiger charge is -2.04. The van der Waals surface area contributed by atoms with Gasteiger partial charge in [-0.15, -0.1) is 0 Å². The van der Waals surface area contributed by atoms with Gasteiger partial charge in [0.2, 0.25) is 0 Å². The summed E-state index contributed by atoms with van der Waals surface area (Å²) in [5.74, 6) is 1.66. The minimum absolute atomic E-state index is 0.0217. The Morgan fingerprint density at radius 1 is 1.38 bits per heavy atom. The second-order valence-corrected chi connectivity index (χ2v) is 3.97. The molecule has 16 heavy (non-hydrogen) atoms. The van der Waals surface area contributed by atoms with Crippen molar-refractivity contribution >= 4 is 0 Å². The Morgan fingerprint density at radius 3 is 2.88 bits per heavy atom. The highest BCUT2D eigenvalue weighted by Crippen LogP contribution is 2.25. The zero-order valence-corrected chi connectivity index (χ0v) is 9.60. The highest BCUT2D eigenvalue weighted by molar-refractivity contribution is 5.57. The van der Waals surface area contributed by atoms with Crippen LogP contribution in [-0.2, 0) is 0 Å². The molecule has 0 saturated carbocycles. The second kappa shape index (κ2) is 4.49. The van der Waals surface area contributed by atoms with Crippen molar-refractivity contribution in [3.05, 3.63) is 41.9 Å². The number of aromatic nitrogens is 1. The molecule has 1 unspecified atom stereocenters. The molecule has 0 aliphatic carbocycles. The summed E-state index contributed by atoms with van der Waals surface area (Å²) in [6, 6.07) is 5.91. The topological polar surface area (TPSA) is 52.0 Å². The maximum Gasteiger partial charge on any atom is 0.135 e. The fourth-order valence-electron chi connectivity index (χ4n) is 1.60. The van der Waals surface area contributed by atoms with Gasteiger partial charge >= 0.3 is 0 Å². The van der Waals surface area contributed by atoms with Crippen LogP contribution in [0.2, 0.25) is 0 Å². The predicted molar refractivity (Wildman–Crippen MR) is 63.9 cm³/mol. The Kier molecular flexibility index (Phi) is 3.06. The van der Waals surface area contributed by atoms with Gasteiger partial charge in [-0.1, -0.05) is 6.92 Å². The first-order chi connectivity index (χ1) is 7.70. The minimum atomic E-state index is -0.0217.